The fraction of sp³-hybridized carbons (Fsp3) is 0.167. The van der Waals surface area contributed by atoms with E-state index in [0.717, 1.165) is 0 Å². The summed E-state index contributed by atoms with van der Waals surface area (Å²) < 4.78 is 15.1. The highest BCUT2D eigenvalue weighted by Gasteiger charge is 2.18. The monoisotopic (exact) mass is 268 g/mol. The molecule has 0 spiro atoms. The van der Waals surface area contributed by atoms with Gasteiger partial charge in [0.25, 0.3) is 0 Å². The van der Waals surface area contributed by atoms with Crippen molar-refractivity contribution in [1.82, 2.24) is 9.55 Å². The minimum Gasteiger partial charge on any atom is -0.481 e. The zero-order chi connectivity index (χ0) is 13.3. The first kappa shape index (κ1) is 12.6. The second-order valence-corrected chi connectivity index (χ2v) is 4.14. The van der Waals surface area contributed by atoms with E-state index >= 15 is 0 Å². The molecule has 0 bridgehead atoms. The Morgan fingerprint density at radius 3 is 2.78 bits per heavy atom. The number of carboxylic acids is 1. The minimum absolute atomic E-state index is 0.204. The van der Waals surface area contributed by atoms with Gasteiger partial charge in [0.05, 0.1) is 17.7 Å². The van der Waals surface area contributed by atoms with Crippen LogP contribution in [0.1, 0.15) is 5.69 Å². The zero-order valence-electron chi connectivity index (χ0n) is 9.52. The van der Waals surface area contributed by atoms with Crippen molar-refractivity contribution in [2.45, 2.75) is 6.42 Å². The SMILES string of the molecule is Cn1c(-c2ccccc2F)nc(CC(=O)O)c1Cl. The first-order valence-electron chi connectivity index (χ1n) is 5.18. The molecule has 94 valence electrons. The Morgan fingerprint density at radius 2 is 2.17 bits per heavy atom. The van der Waals surface area contributed by atoms with Crippen LogP contribution in [-0.2, 0) is 18.3 Å². The van der Waals surface area contributed by atoms with Gasteiger partial charge < -0.3 is 9.67 Å². The van der Waals surface area contributed by atoms with Gasteiger partial charge in [-0.1, -0.05) is 23.7 Å². The summed E-state index contributed by atoms with van der Waals surface area (Å²) >= 11 is 5.97. The molecule has 4 nitrogen and oxygen atoms in total. The molecule has 0 fully saturated rings. The van der Waals surface area contributed by atoms with E-state index in [1.165, 1.54) is 10.6 Å². The number of imidazole rings is 1. The fourth-order valence-corrected chi connectivity index (χ4v) is 1.86. The second kappa shape index (κ2) is 4.78. The van der Waals surface area contributed by atoms with Gasteiger partial charge in [0, 0.05) is 7.05 Å². The van der Waals surface area contributed by atoms with Crippen LogP contribution in [0, 0.1) is 5.82 Å². The number of aromatic nitrogens is 2. The van der Waals surface area contributed by atoms with E-state index in [9.17, 15) is 9.18 Å². The van der Waals surface area contributed by atoms with Gasteiger partial charge in [-0.25, -0.2) is 9.37 Å². The highest BCUT2D eigenvalue weighted by molar-refractivity contribution is 6.30. The Balaban J connectivity index is 2.53. The average Bonchev–Trinajstić information content (AvgIpc) is 2.58. The minimum atomic E-state index is -1.03. The molecule has 18 heavy (non-hydrogen) atoms. The number of carbonyl (C=O) groups is 1. The Hall–Kier alpha value is -1.88. The van der Waals surface area contributed by atoms with E-state index in [1.807, 2.05) is 0 Å². The number of hydrogen-bond acceptors (Lipinski definition) is 2. The van der Waals surface area contributed by atoms with Gasteiger partial charge in [0.15, 0.2) is 0 Å². The van der Waals surface area contributed by atoms with Gasteiger partial charge in [-0.05, 0) is 12.1 Å². The highest BCUT2D eigenvalue weighted by atomic mass is 35.5. The second-order valence-electron chi connectivity index (χ2n) is 3.78. The largest absolute Gasteiger partial charge is 0.481 e. The molecule has 0 radical (unpaired) electrons. The Bertz CT molecular complexity index is 610. The normalized spacial score (nSPS) is 10.6. The van der Waals surface area contributed by atoms with E-state index < -0.39 is 11.8 Å². The van der Waals surface area contributed by atoms with Gasteiger partial charge >= 0.3 is 5.97 Å². The molecule has 2 aromatic rings. The van der Waals surface area contributed by atoms with E-state index in [0.29, 0.717) is 11.4 Å². The predicted molar refractivity (Wildman–Crippen MR) is 65.0 cm³/mol. The molecular formula is C12H10ClFN2O2. The first-order chi connectivity index (χ1) is 8.50. The Morgan fingerprint density at radius 1 is 1.50 bits per heavy atom. The fourth-order valence-electron chi connectivity index (χ4n) is 1.67. The zero-order valence-corrected chi connectivity index (χ0v) is 10.3. The Labute approximate surface area is 108 Å². The molecule has 0 aliphatic carbocycles. The summed E-state index contributed by atoms with van der Waals surface area (Å²) in [4.78, 5) is 14.8. The molecule has 1 aromatic heterocycles. The van der Waals surface area contributed by atoms with Gasteiger partial charge in [-0.2, -0.15) is 0 Å². The molecule has 0 atom stereocenters. The van der Waals surface area contributed by atoms with Crippen LogP contribution in [0.3, 0.4) is 0 Å². The molecule has 6 heteroatoms. The summed E-state index contributed by atoms with van der Waals surface area (Å²) in [6.07, 6.45) is -0.291. The van der Waals surface area contributed by atoms with Crippen molar-refractivity contribution in [2.24, 2.45) is 7.05 Å². The number of halogens is 2. The van der Waals surface area contributed by atoms with Crippen LogP contribution in [-0.4, -0.2) is 20.6 Å². The summed E-state index contributed by atoms with van der Waals surface area (Å²) in [5.41, 5.74) is 0.517. The van der Waals surface area contributed by atoms with E-state index in [1.54, 1.807) is 25.2 Å². The lowest BCUT2D eigenvalue weighted by atomic mass is 10.2. The smallest absolute Gasteiger partial charge is 0.309 e. The third kappa shape index (κ3) is 2.22. The number of carboxylic acid groups (broad SMARTS) is 1. The standard InChI is InChI=1S/C12H10ClFN2O2/c1-16-11(13)9(6-10(17)18)15-12(16)7-4-2-3-5-8(7)14/h2-5H,6H2,1H3,(H,17,18). The van der Waals surface area contributed by atoms with Crippen LogP contribution < -0.4 is 0 Å². The van der Waals surface area contributed by atoms with Crippen molar-refractivity contribution >= 4 is 17.6 Å². The molecule has 2 rings (SSSR count). The van der Waals surface area contributed by atoms with Gasteiger partial charge in [-0.15, -0.1) is 0 Å². The quantitative estimate of drug-likeness (QED) is 0.931. The molecule has 0 saturated heterocycles. The maximum atomic E-state index is 13.6. The highest BCUT2D eigenvalue weighted by Crippen LogP contribution is 2.26. The summed E-state index contributed by atoms with van der Waals surface area (Å²) in [6, 6.07) is 6.13. The van der Waals surface area contributed by atoms with E-state index in [2.05, 4.69) is 4.98 Å². The number of rotatable bonds is 3. The van der Waals surface area contributed by atoms with Gasteiger partial charge in [-0.3, -0.25) is 4.79 Å². The first-order valence-corrected chi connectivity index (χ1v) is 5.56. The molecular weight excluding hydrogens is 259 g/mol. The lowest BCUT2D eigenvalue weighted by Crippen LogP contribution is -2.01. The van der Waals surface area contributed by atoms with Gasteiger partial charge in [0.2, 0.25) is 0 Å². The molecule has 0 aliphatic rings. The average molecular weight is 269 g/mol. The lowest BCUT2D eigenvalue weighted by Gasteiger charge is -2.03. The molecule has 0 unspecified atom stereocenters. The van der Waals surface area contributed by atoms with Crippen molar-refractivity contribution < 1.29 is 14.3 Å². The van der Waals surface area contributed by atoms with E-state index in [4.69, 9.17) is 16.7 Å². The third-order valence-corrected chi connectivity index (χ3v) is 3.00. The van der Waals surface area contributed by atoms with Crippen molar-refractivity contribution in [2.75, 3.05) is 0 Å². The van der Waals surface area contributed by atoms with Crippen molar-refractivity contribution in [1.29, 1.82) is 0 Å². The molecule has 1 aromatic carbocycles. The topological polar surface area (TPSA) is 55.1 Å². The molecule has 1 N–H and O–H groups in total. The van der Waals surface area contributed by atoms with Crippen LogP contribution in [0.25, 0.3) is 11.4 Å². The molecule has 0 amide bonds. The summed E-state index contributed by atoms with van der Waals surface area (Å²) in [5, 5.41) is 8.94. The van der Waals surface area contributed by atoms with Crippen molar-refractivity contribution in [3.63, 3.8) is 0 Å². The number of hydrogen-bond donors (Lipinski definition) is 1. The van der Waals surface area contributed by atoms with E-state index in [-0.39, 0.29) is 17.3 Å². The summed E-state index contributed by atoms with van der Waals surface area (Å²) in [7, 11) is 1.61. The third-order valence-electron chi connectivity index (χ3n) is 2.52. The number of aliphatic carboxylic acids is 1. The van der Waals surface area contributed by atoms with Crippen molar-refractivity contribution in [3.8, 4) is 11.4 Å². The summed E-state index contributed by atoms with van der Waals surface area (Å²) in [6.45, 7) is 0. The Kier molecular flexibility index (Phi) is 3.34. The predicted octanol–water partition coefficient (Wildman–Crippen LogP) is 2.51. The number of nitrogens with zero attached hydrogens (tertiary/aromatic N) is 2. The van der Waals surface area contributed by atoms with Crippen molar-refractivity contribution in [3.05, 3.63) is 40.9 Å². The molecule has 0 aliphatic heterocycles. The maximum absolute atomic E-state index is 13.6. The van der Waals surface area contributed by atoms with Gasteiger partial charge in [0.1, 0.15) is 16.8 Å². The number of benzene rings is 1. The lowest BCUT2D eigenvalue weighted by molar-refractivity contribution is -0.136. The van der Waals surface area contributed by atoms with Crippen LogP contribution >= 0.6 is 11.6 Å². The van der Waals surface area contributed by atoms with Crippen LogP contribution in [0.15, 0.2) is 24.3 Å². The summed E-state index contributed by atoms with van der Waals surface area (Å²) in [5.74, 6) is -1.14. The van der Waals surface area contributed by atoms with Crippen LogP contribution in [0.4, 0.5) is 4.39 Å². The molecule has 1 heterocycles. The maximum Gasteiger partial charge on any atom is 0.309 e. The van der Waals surface area contributed by atoms with Crippen LogP contribution in [0.5, 0.6) is 0 Å². The molecule has 0 saturated carbocycles. The van der Waals surface area contributed by atoms with Crippen LogP contribution in [0.2, 0.25) is 5.15 Å².